The summed E-state index contributed by atoms with van der Waals surface area (Å²) < 4.78 is 15.5. The van der Waals surface area contributed by atoms with Crippen molar-refractivity contribution in [1.82, 2.24) is 57.4 Å². The molecule has 2 fully saturated rings. The number of aliphatic hydroxyl groups excluding tert-OH is 1. The van der Waals surface area contributed by atoms with E-state index in [-0.39, 0.29) is 82.4 Å². The quantitative estimate of drug-likeness (QED) is 0.0230. The molecule has 0 unspecified atom stereocenters. The van der Waals surface area contributed by atoms with E-state index in [1.807, 2.05) is 42.1 Å². The number of benzene rings is 5. The van der Waals surface area contributed by atoms with E-state index < -0.39 is 107 Å². The van der Waals surface area contributed by atoms with E-state index in [1.54, 1.807) is 66.9 Å². The van der Waals surface area contributed by atoms with Gasteiger partial charge in [0.25, 0.3) is 0 Å². The number of H-pyrrole nitrogens is 2. The zero-order valence-corrected chi connectivity index (χ0v) is 60.7. The number of carbonyl (C=O) groups excluding carboxylic acids is 8. The number of halogens is 1. The van der Waals surface area contributed by atoms with Crippen LogP contribution in [0, 0.1) is 11.7 Å². The molecule has 7 amide bonds. The molecule has 10 rings (SSSR count). The molecule has 12 atom stereocenters. The van der Waals surface area contributed by atoms with Crippen molar-refractivity contribution in [1.29, 1.82) is 0 Å². The number of amides is 7. The summed E-state index contributed by atoms with van der Waals surface area (Å²) in [6, 6.07) is 27.4. The number of aromatic nitrogens is 2. The lowest BCUT2D eigenvalue weighted by Crippen LogP contribution is -2.61. The first kappa shape index (κ1) is 78.1. The van der Waals surface area contributed by atoms with Gasteiger partial charge >= 0.3 is 0 Å². The minimum absolute atomic E-state index is 0.00322. The van der Waals surface area contributed by atoms with Crippen molar-refractivity contribution in [2.24, 2.45) is 28.1 Å². The van der Waals surface area contributed by atoms with Crippen LogP contribution in [-0.4, -0.2) is 178 Å². The molecule has 0 radical (unpaired) electrons. The van der Waals surface area contributed by atoms with Crippen molar-refractivity contribution >= 4 is 86.7 Å². The molecule has 2 saturated heterocycles. The van der Waals surface area contributed by atoms with Crippen LogP contribution in [0.4, 0.5) is 4.39 Å². The maximum Gasteiger partial charge on any atom is 0.245 e. The van der Waals surface area contributed by atoms with Crippen molar-refractivity contribution in [3.8, 4) is 0 Å². The SMILES string of the molecule is C[C@@H](O)[C@@H]1NC(=O)[C@H](CCCCN)NC(=O)[C@@H](Cc2c[nH]c3ccccc23)NC(=O)[C@H](Cc2ccccc2)NC(=O)[C@H](Cc2ccccc2)NC(=O)[C@H](CCCN=C(N)N)NC(=O)[C@H](NCCSC[C@@H]2C[C@@H]3c4cccc5[nH]cc(c45)C[C@H]3N(C)C2)CCCCCC(=O)[C@H](Cc2ccccc2F)NC1=O. The highest BCUT2D eigenvalue weighted by molar-refractivity contribution is 7.99. The van der Waals surface area contributed by atoms with Crippen molar-refractivity contribution in [3.05, 3.63) is 179 Å². The summed E-state index contributed by atoms with van der Waals surface area (Å²) in [6.07, 6.45) is 6.14. The summed E-state index contributed by atoms with van der Waals surface area (Å²) in [5.74, 6) is -4.25. The smallest absolute Gasteiger partial charge is 0.245 e. The molecular formula is C79H102FN15O9S. The van der Waals surface area contributed by atoms with Crippen LogP contribution in [0.5, 0.6) is 0 Å². The van der Waals surface area contributed by atoms with E-state index in [0.717, 1.165) is 36.0 Å². The van der Waals surface area contributed by atoms with Crippen LogP contribution in [0.3, 0.4) is 0 Å². The van der Waals surface area contributed by atoms with Crippen molar-refractivity contribution in [2.75, 3.05) is 44.7 Å². The number of hydrogen-bond acceptors (Lipinski definition) is 14. The molecule has 0 spiro atoms. The Labute approximate surface area is 616 Å². The summed E-state index contributed by atoms with van der Waals surface area (Å²) in [6.45, 7) is 3.02. The number of unbranched alkanes of at least 4 members (excludes halogenated alkanes) is 1. The zero-order valence-electron chi connectivity index (χ0n) is 59.9. The third kappa shape index (κ3) is 21.8. The number of piperidine rings is 1. The Bertz CT molecular complexity index is 4120. The number of likely N-dealkylation sites (tertiary alicyclic amines) is 1. The molecule has 0 saturated carbocycles. The first-order chi connectivity index (χ1) is 50.8. The van der Waals surface area contributed by atoms with Gasteiger partial charge in [0.2, 0.25) is 41.4 Å². The van der Waals surface area contributed by atoms with Gasteiger partial charge in [-0.25, -0.2) is 4.39 Å². The van der Waals surface area contributed by atoms with Gasteiger partial charge in [0.15, 0.2) is 11.7 Å². The monoisotopic (exact) mass is 1460 g/mol. The Hall–Kier alpha value is -9.47. The number of nitrogens with zero attached hydrogens (tertiary/aromatic N) is 2. The van der Waals surface area contributed by atoms with Crippen molar-refractivity contribution in [3.63, 3.8) is 0 Å². The Morgan fingerprint density at radius 2 is 1.20 bits per heavy atom. The Kier molecular flexibility index (Phi) is 28.7. The Morgan fingerprint density at radius 3 is 1.88 bits per heavy atom. The molecule has 24 nitrogen and oxygen atoms in total. The number of rotatable bonds is 23. The van der Waals surface area contributed by atoms with E-state index in [1.165, 1.54) is 47.2 Å². The normalized spacial score (nSPS) is 24.2. The number of aliphatic hydroxyl groups is 1. The lowest BCUT2D eigenvalue weighted by atomic mass is 9.73. The van der Waals surface area contributed by atoms with Gasteiger partial charge in [-0.2, -0.15) is 11.8 Å². The fourth-order valence-corrected chi connectivity index (χ4v) is 15.9. The summed E-state index contributed by atoms with van der Waals surface area (Å²) in [4.78, 5) is 133. The summed E-state index contributed by atoms with van der Waals surface area (Å²) in [7, 11) is 2.22. The molecule has 5 aromatic carbocycles. The number of para-hydroxylation sites is 1. The number of fused-ring (bicyclic) bond motifs is 3. The zero-order chi connectivity index (χ0) is 74.4. The van der Waals surface area contributed by atoms with Crippen molar-refractivity contribution in [2.45, 2.75) is 176 Å². The lowest BCUT2D eigenvalue weighted by Gasteiger charge is -2.45. The van der Waals surface area contributed by atoms with Gasteiger partial charge in [0, 0.05) is 104 Å². The van der Waals surface area contributed by atoms with Gasteiger partial charge in [-0.15, -0.1) is 0 Å². The van der Waals surface area contributed by atoms with Gasteiger partial charge < -0.3 is 79.7 Å². The average Bonchev–Trinajstić information content (AvgIpc) is 1.68. The van der Waals surface area contributed by atoms with Gasteiger partial charge in [-0.05, 0) is 142 Å². The fourth-order valence-electron chi connectivity index (χ4n) is 14.8. The maximum absolute atomic E-state index is 15.5. The number of guanidine groups is 1. The molecule has 1 aliphatic carbocycles. The Morgan fingerprint density at radius 1 is 0.619 bits per heavy atom. The van der Waals surface area contributed by atoms with Gasteiger partial charge in [0.05, 0.1) is 18.2 Å². The van der Waals surface area contributed by atoms with Gasteiger partial charge in [0.1, 0.15) is 42.1 Å². The van der Waals surface area contributed by atoms with Crippen LogP contribution < -0.4 is 59.7 Å². The molecule has 3 aliphatic rings. The standard InChI is InChI=1S/C79H102FN15O9S/c1-48(96)71-78(104)90-64(41-52-24-12-14-27-58(52)80)69(97)33-11-5-10-29-61(84-36-37-105-47-51-38-57-56-26-18-31-60-70(56)54(45-87-60)43-68(57)95(2)46-51)72(98)88-63(32-19-35-85-79(82)83)73(99)91-65(39-49-20-6-3-7-21-49)75(101)92-66(40-50-22-8-4-9-23-50)76(102)93-67(42-53-44-86-59-28-15-13-25-55(53)59)77(103)89-62(74(100)94-71)30-16-17-34-81/h3-4,6-9,12-15,18,20-28,31,44-45,48,51,57,61-68,71,84,86-87,96H,5,10-11,16-17,19,29-30,32-43,46-47,81H2,1-2H3,(H,88,98)(H,89,103)(H,90,104)(H,91,99)(H,92,101)(H,93,102)(H,94,100)(H4,82,83,85)/t48-,51-,57-,61-,62+,63+,64+,65+,66+,67-,68-,71+/m1/s1. The molecule has 560 valence electrons. The first-order valence-corrected chi connectivity index (χ1v) is 38.0. The minimum atomic E-state index is -1.69. The minimum Gasteiger partial charge on any atom is -0.391 e. The molecule has 2 aromatic heterocycles. The first-order valence-electron chi connectivity index (χ1n) is 36.9. The summed E-state index contributed by atoms with van der Waals surface area (Å²) in [5.41, 5.74) is 24.1. The summed E-state index contributed by atoms with van der Waals surface area (Å²) in [5, 5.41) is 36.9. The fraction of sp³-hybridized carbons (Fsp3) is 0.456. The Balaban J connectivity index is 0.961. The molecule has 4 heterocycles. The lowest BCUT2D eigenvalue weighted by molar-refractivity contribution is -0.136. The van der Waals surface area contributed by atoms with Crippen LogP contribution in [0.2, 0.25) is 0 Å². The number of ketones is 1. The number of Topliss-reactive ketones (excluding diaryl/α,β-unsaturated/α-hetero) is 1. The van der Waals surface area contributed by atoms with Crippen LogP contribution in [0.25, 0.3) is 21.8 Å². The number of nitrogens with one attached hydrogen (secondary N) is 10. The van der Waals surface area contributed by atoms with Crippen molar-refractivity contribution < 1.29 is 47.9 Å². The molecule has 26 heteroatoms. The highest BCUT2D eigenvalue weighted by Crippen LogP contribution is 2.45. The van der Waals surface area contributed by atoms with E-state index >= 15 is 28.4 Å². The molecule has 7 aromatic rings. The third-order valence-corrected chi connectivity index (χ3v) is 21.6. The molecule has 0 bridgehead atoms. The van der Waals surface area contributed by atoms with Crippen LogP contribution in [-0.2, 0) is 70.5 Å². The molecule has 17 N–H and O–H groups in total. The van der Waals surface area contributed by atoms with Crippen LogP contribution in [0.15, 0.2) is 145 Å². The van der Waals surface area contributed by atoms with E-state index in [9.17, 15) is 19.5 Å². The number of aromatic amines is 2. The highest BCUT2D eigenvalue weighted by Gasteiger charge is 2.41. The molecule has 105 heavy (non-hydrogen) atoms. The van der Waals surface area contributed by atoms with Gasteiger partial charge in [-0.3, -0.25) is 43.3 Å². The second-order valence-electron chi connectivity index (χ2n) is 28.2. The van der Waals surface area contributed by atoms with E-state index in [2.05, 4.69) is 93.8 Å². The van der Waals surface area contributed by atoms with Crippen LogP contribution >= 0.6 is 11.8 Å². The number of nitrogens with two attached hydrogens (primary N) is 3. The predicted molar refractivity (Wildman–Crippen MR) is 407 cm³/mol. The second kappa shape index (κ2) is 38.5. The van der Waals surface area contributed by atoms with E-state index in [4.69, 9.17) is 17.2 Å². The molecular weight excluding hydrogens is 1350 g/mol. The summed E-state index contributed by atoms with van der Waals surface area (Å²) >= 11 is 1.81. The number of carbonyl (C=O) groups is 8. The number of hydrogen-bond donors (Lipinski definition) is 14. The van der Waals surface area contributed by atoms with Gasteiger partial charge in [-0.1, -0.05) is 122 Å². The third-order valence-electron chi connectivity index (χ3n) is 20.4. The van der Waals surface area contributed by atoms with E-state index in [0.29, 0.717) is 79.0 Å². The maximum atomic E-state index is 15.5. The predicted octanol–water partition coefficient (Wildman–Crippen LogP) is 4.90. The number of likely N-dealkylation sites (N-methyl/N-ethyl adjacent to an activating group) is 1. The number of aliphatic imine (C=N–C) groups is 1. The van der Waals surface area contributed by atoms with Crippen LogP contribution in [0.1, 0.15) is 117 Å². The number of thioether (sulfide) groups is 1. The highest BCUT2D eigenvalue weighted by atomic mass is 32.2. The molecule has 2 aliphatic heterocycles. The average molecular weight is 1460 g/mol. The topological polar surface area (TPSA) is 378 Å². The largest absolute Gasteiger partial charge is 0.391 e. The second-order valence-corrected chi connectivity index (χ2v) is 29.4.